The number of aliphatic hydroxyl groups excluding tert-OH is 1. The van der Waals surface area contributed by atoms with Gasteiger partial charge in [-0.05, 0) is 41.9 Å². The first-order chi connectivity index (χ1) is 15.8. The number of thiazole rings is 1. The van der Waals surface area contributed by atoms with Gasteiger partial charge >= 0.3 is 0 Å². The molecule has 1 fully saturated rings. The molecule has 0 aromatic carbocycles. The number of carbonyl (C=O) groups excluding carboxylic acids is 2. The summed E-state index contributed by atoms with van der Waals surface area (Å²) in [6.07, 6.45) is 2.70. The lowest BCUT2D eigenvalue weighted by Gasteiger charge is -2.53. The standard InChI is InChI=1S/C26H40N4O3S/c1-15(23(33)30(7)12-8-11-27)17-9-10-26(6)13-18-21(16(2)20(26)22(17)32)29-24(34-18)28-19(31)14-25(3,4)5/h15-17,20,22,32H,8-10,12-14H2,1-7H3,(H,28,29,31). The smallest absolute Gasteiger partial charge is 0.226 e. The Balaban J connectivity index is 1.78. The molecule has 1 heterocycles. The maximum Gasteiger partial charge on any atom is 0.226 e. The highest BCUT2D eigenvalue weighted by Crippen LogP contribution is 2.57. The van der Waals surface area contributed by atoms with Crippen LogP contribution in [0, 0.1) is 39.9 Å². The third-order valence-electron chi connectivity index (χ3n) is 7.83. The number of aromatic nitrogens is 1. The van der Waals surface area contributed by atoms with Gasteiger partial charge in [-0.1, -0.05) is 41.5 Å². The van der Waals surface area contributed by atoms with Crippen molar-refractivity contribution in [3.63, 3.8) is 0 Å². The number of nitriles is 1. The first kappa shape index (κ1) is 26.6. The highest BCUT2D eigenvalue weighted by Gasteiger charge is 2.54. The summed E-state index contributed by atoms with van der Waals surface area (Å²) in [6.45, 7) is 12.8. The topological polar surface area (TPSA) is 106 Å². The maximum atomic E-state index is 13.0. The number of hydrogen-bond acceptors (Lipinski definition) is 6. The Morgan fingerprint density at radius 3 is 2.71 bits per heavy atom. The third-order valence-corrected chi connectivity index (χ3v) is 8.81. The molecule has 34 heavy (non-hydrogen) atoms. The van der Waals surface area contributed by atoms with E-state index in [2.05, 4.69) is 25.2 Å². The first-order valence-corrected chi connectivity index (χ1v) is 13.2. The molecule has 2 aliphatic carbocycles. The van der Waals surface area contributed by atoms with Crippen molar-refractivity contribution in [1.82, 2.24) is 9.88 Å². The highest BCUT2D eigenvalue weighted by molar-refractivity contribution is 7.15. The number of amides is 2. The van der Waals surface area contributed by atoms with Crippen LogP contribution in [0.4, 0.5) is 5.13 Å². The van der Waals surface area contributed by atoms with Gasteiger partial charge in [0, 0.05) is 36.7 Å². The van der Waals surface area contributed by atoms with Crippen molar-refractivity contribution in [1.29, 1.82) is 5.26 Å². The van der Waals surface area contributed by atoms with E-state index in [1.807, 2.05) is 27.7 Å². The van der Waals surface area contributed by atoms with E-state index in [-0.39, 0.29) is 46.3 Å². The van der Waals surface area contributed by atoms with Gasteiger partial charge in [0.2, 0.25) is 11.8 Å². The molecule has 2 amide bonds. The minimum Gasteiger partial charge on any atom is -0.392 e. The van der Waals surface area contributed by atoms with Gasteiger partial charge in [-0.25, -0.2) is 4.98 Å². The molecule has 3 rings (SSSR count). The number of nitrogens with one attached hydrogen (secondary N) is 1. The van der Waals surface area contributed by atoms with Gasteiger partial charge < -0.3 is 15.3 Å². The zero-order valence-corrected chi connectivity index (χ0v) is 22.5. The van der Waals surface area contributed by atoms with Gasteiger partial charge in [0.15, 0.2) is 5.13 Å². The zero-order chi connectivity index (χ0) is 25.4. The predicted molar refractivity (Wildman–Crippen MR) is 134 cm³/mol. The minimum atomic E-state index is -0.606. The van der Waals surface area contributed by atoms with Crippen LogP contribution < -0.4 is 5.32 Å². The summed E-state index contributed by atoms with van der Waals surface area (Å²) in [4.78, 5) is 33.0. The molecule has 0 saturated heterocycles. The monoisotopic (exact) mass is 488 g/mol. The van der Waals surface area contributed by atoms with Crippen molar-refractivity contribution >= 4 is 28.3 Å². The predicted octanol–water partition coefficient (Wildman–Crippen LogP) is 4.58. The van der Waals surface area contributed by atoms with Gasteiger partial charge in [-0.2, -0.15) is 5.26 Å². The van der Waals surface area contributed by atoms with E-state index in [9.17, 15) is 14.7 Å². The Hall–Kier alpha value is -1.98. The third kappa shape index (κ3) is 5.46. The van der Waals surface area contributed by atoms with Gasteiger partial charge in [-0.15, -0.1) is 11.3 Å². The molecule has 6 unspecified atom stereocenters. The number of hydrogen-bond donors (Lipinski definition) is 2. The summed E-state index contributed by atoms with van der Waals surface area (Å²) < 4.78 is 0. The summed E-state index contributed by atoms with van der Waals surface area (Å²) in [5.41, 5.74) is 0.812. The SMILES string of the molecule is CC(C(=O)N(C)CCC#N)C1CCC2(C)Cc3sc(NC(=O)CC(C)(C)C)nc3C(C)C2C1O. The molecule has 188 valence electrons. The Bertz CT molecular complexity index is 962. The molecule has 0 bridgehead atoms. The molecular weight excluding hydrogens is 448 g/mol. The van der Waals surface area contributed by atoms with Crippen LogP contribution in [0.1, 0.15) is 83.7 Å². The lowest BCUT2D eigenvalue weighted by molar-refractivity contribution is -0.143. The molecule has 7 nitrogen and oxygen atoms in total. The largest absolute Gasteiger partial charge is 0.392 e. The van der Waals surface area contributed by atoms with Gasteiger partial charge in [0.1, 0.15) is 0 Å². The van der Waals surface area contributed by atoms with Crippen LogP contribution in [0.5, 0.6) is 0 Å². The second-order valence-corrected chi connectivity index (χ2v) is 13.0. The summed E-state index contributed by atoms with van der Waals surface area (Å²) in [6, 6.07) is 2.09. The van der Waals surface area contributed by atoms with E-state index in [0.717, 1.165) is 25.0 Å². The summed E-state index contributed by atoms with van der Waals surface area (Å²) in [7, 11) is 1.73. The van der Waals surface area contributed by atoms with Crippen molar-refractivity contribution < 1.29 is 14.7 Å². The molecular formula is C26H40N4O3S. The lowest BCUT2D eigenvalue weighted by atomic mass is 9.53. The van der Waals surface area contributed by atoms with Crippen LogP contribution in [-0.4, -0.2) is 46.5 Å². The van der Waals surface area contributed by atoms with Crippen molar-refractivity contribution in [3.05, 3.63) is 10.6 Å². The molecule has 0 radical (unpaired) electrons. The number of aliphatic hydroxyl groups is 1. The van der Waals surface area contributed by atoms with Crippen LogP contribution >= 0.6 is 11.3 Å². The fourth-order valence-electron chi connectivity index (χ4n) is 6.10. The minimum absolute atomic E-state index is 0.00126. The second kappa shape index (κ2) is 9.94. The van der Waals surface area contributed by atoms with Crippen molar-refractivity contribution in [3.8, 4) is 6.07 Å². The fourth-order valence-corrected chi connectivity index (χ4v) is 7.38. The maximum absolute atomic E-state index is 13.0. The van der Waals surface area contributed by atoms with Crippen LogP contribution in [0.3, 0.4) is 0 Å². The number of nitrogens with zero attached hydrogens (tertiary/aromatic N) is 3. The van der Waals surface area contributed by atoms with E-state index >= 15 is 0 Å². The lowest BCUT2D eigenvalue weighted by Crippen LogP contribution is -2.53. The Labute approximate surface area is 207 Å². The van der Waals surface area contributed by atoms with E-state index in [1.165, 1.54) is 4.88 Å². The summed E-state index contributed by atoms with van der Waals surface area (Å²) in [5.74, 6) is -0.427. The number of fused-ring (bicyclic) bond motifs is 2. The first-order valence-electron chi connectivity index (χ1n) is 12.4. The van der Waals surface area contributed by atoms with Gasteiger partial charge in [0.25, 0.3) is 0 Å². The van der Waals surface area contributed by atoms with E-state index in [4.69, 9.17) is 10.2 Å². The van der Waals surface area contributed by atoms with Crippen molar-refractivity contribution in [2.45, 2.75) is 85.7 Å². The van der Waals surface area contributed by atoms with Crippen LogP contribution in [0.25, 0.3) is 0 Å². The Morgan fingerprint density at radius 1 is 1.41 bits per heavy atom. The molecule has 0 aliphatic heterocycles. The summed E-state index contributed by atoms with van der Waals surface area (Å²) in [5, 5.41) is 24.0. The molecule has 1 saturated carbocycles. The Morgan fingerprint density at radius 2 is 2.09 bits per heavy atom. The fraction of sp³-hybridized carbons (Fsp3) is 0.769. The average molecular weight is 489 g/mol. The number of rotatable bonds is 6. The van der Waals surface area contributed by atoms with Crippen molar-refractivity contribution in [2.24, 2.45) is 28.6 Å². The zero-order valence-electron chi connectivity index (χ0n) is 21.6. The van der Waals surface area contributed by atoms with Crippen LogP contribution in [0.2, 0.25) is 0 Å². The number of anilines is 1. The van der Waals surface area contributed by atoms with Gasteiger partial charge in [-0.3, -0.25) is 9.59 Å². The molecule has 8 heteroatoms. The van der Waals surface area contributed by atoms with E-state index in [1.54, 1.807) is 23.3 Å². The highest BCUT2D eigenvalue weighted by atomic mass is 32.1. The van der Waals surface area contributed by atoms with Crippen LogP contribution in [0.15, 0.2) is 0 Å². The molecule has 2 aliphatic rings. The quantitative estimate of drug-likeness (QED) is 0.610. The van der Waals surface area contributed by atoms with E-state index in [0.29, 0.717) is 24.5 Å². The molecule has 1 aromatic rings. The summed E-state index contributed by atoms with van der Waals surface area (Å²) >= 11 is 1.56. The molecule has 2 N–H and O–H groups in total. The van der Waals surface area contributed by atoms with Crippen molar-refractivity contribution in [2.75, 3.05) is 18.9 Å². The molecule has 1 aromatic heterocycles. The Kier molecular flexibility index (Phi) is 7.79. The van der Waals surface area contributed by atoms with Crippen LogP contribution in [-0.2, 0) is 16.0 Å². The average Bonchev–Trinajstić information content (AvgIpc) is 3.11. The normalized spacial score (nSPS) is 29.4. The van der Waals surface area contributed by atoms with Gasteiger partial charge in [0.05, 0.1) is 24.3 Å². The molecule has 0 spiro atoms. The second-order valence-electron chi connectivity index (χ2n) is 11.9. The number of carbonyl (C=O) groups is 2. The molecule has 6 atom stereocenters. The van der Waals surface area contributed by atoms with E-state index < -0.39 is 6.10 Å².